The summed E-state index contributed by atoms with van der Waals surface area (Å²) in [6.45, 7) is 11.5. The Morgan fingerprint density at radius 1 is 0.800 bits per heavy atom. The zero-order chi connectivity index (χ0) is 12.3. The van der Waals surface area contributed by atoms with Crippen molar-refractivity contribution in [3.63, 3.8) is 0 Å². The van der Waals surface area contributed by atoms with Gasteiger partial charge in [-0.3, -0.25) is 0 Å². The molecule has 0 atom stereocenters. The molecule has 3 heteroatoms. The van der Waals surface area contributed by atoms with E-state index in [4.69, 9.17) is 0 Å². The number of aliphatic hydroxyl groups excluding tert-OH is 2. The lowest BCUT2D eigenvalue weighted by Gasteiger charge is -2.18. The average molecular weight is 213 g/mol. The van der Waals surface area contributed by atoms with Gasteiger partial charge in [0.2, 0.25) is 0 Å². The van der Waals surface area contributed by atoms with Gasteiger partial charge in [-0.05, 0) is 0 Å². The van der Waals surface area contributed by atoms with E-state index in [1.54, 1.807) is 0 Å². The van der Waals surface area contributed by atoms with Crippen LogP contribution in [0.2, 0.25) is 0 Å². The molecule has 0 heterocycles. The maximum absolute atomic E-state index is 9.59. The Morgan fingerprint density at radius 2 is 1.07 bits per heavy atom. The molecule has 3 nitrogen and oxygen atoms in total. The van der Waals surface area contributed by atoms with Gasteiger partial charge in [0.05, 0.1) is 0 Å². The quantitative estimate of drug-likeness (QED) is 0.616. The minimum Gasteiger partial charge on any atom is -0.510 e. The molecule has 0 spiro atoms. The molecular formula is C12H23NO2. The molecule has 0 aliphatic carbocycles. The van der Waals surface area contributed by atoms with Crippen molar-refractivity contribution in [3.8, 4) is 0 Å². The van der Waals surface area contributed by atoms with Gasteiger partial charge >= 0.3 is 0 Å². The highest BCUT2D eigenvalue weighted by molar-refractivity contribution is 5.05. The number of nitrogens with one attached hydrogen (secondary N) is 1. The molecule has 0 unspecified atom stereocenters. The van der Waals surface area contributed by atoms with Crippen LogP contribution in [0.1, 0.15) is 41.5 Å². The Labute approximate surface area is 92.5 Å². The second kappa shape index (κ2) is 4.60. The van der Waals surface area contributed by atoms with E-state index in [0.29, 0.717) is 0 Å². The lowest BCUT2D eigenvalue weighted by molar-refractivity contribution is 0.269. The summed E-state index contributed by atoms with van der Waals surface area (Å²) in [6, 6.07) is 0. The van der Waals surface area contributed by atoms with Crippen LogP contribution in [0.4, 0.5) is 0 Å². The van der Waals surface area contributed by atoms with Crippen LogP contribution in [-0.4, -0.2) is 10.2 Å². The number of hydrogen-bond acceptors (Lipinski definition) is 3. The first kappa shape index (κ1) is 13.9. The molecule has 0 aliphatic rings. The van der Waals surface area contributed by atoms with E-state index in [-0.39, 0.29) is 22.3 Å². The van der Waals surface area contributed by atoms with E-state index in [1.807, 2.05) is 41.5 Å². The number of aliphatic hydroxyl groups is 2. The molecule has 0 fully saturated rings. The third-order valence-corrected chi connectivity index (χ3v) is 1.98. The van der Waals surface area contributed by atoms with Gasteiger partial charge in [0.25, 0.3) is 0 Å². The van der Waals surface area contributed by atoms with E-state index in [2.05, 4.69) is 5.32 Å². The lowest BCUT2D eigenvalue weighted by atomic mass is 9.94. The Bertz CT molecular complexity index is 236. The van der Waals surface area contributed by atoms with E-state index < -0.39 is 0 Å². The Hall–Kier alpha value is -1.12. The highest BCUT2D eigenvalue weighted by Gasteiger charge is 2.16. The fourth-order valence-corrected chi connectivity index (χ4v) is 0.633. The molecule has 15 heavy (non-hydrogen) atoms. The fraction of sp³-hybridized carbons (Fsp3) is 0.667. The van der Waals surface area contributed by atoms with Crippen LogP contribution in [0.25, 0.3) is 0 Å². The molecule has 0 radical (unpaired) electrons. The van der Waals surface area contributed by atoms with Crippen LogP contribution >= 0.6 is 0 Å². The summed E-state index contributed by atoms with van der Waals surface area (Å²) in [4.78, 5) is 0. The van der Waals surface area contributed by atoms with Crippen LogP contribution < -0.4 is 5.32 Å². The maximum atomic E-state index is 9.59. The molecule has 0 amide bonds. The van der Waals surface area contributed by atoms with Crippen LogP contribution in [0.3, 0.4) is 0 Å². The molecule has 3 N–H and O–H groups in total. The SMILES string of the molecule is CC(C)(C)/C(O)=C/N/C=C(\O)C(C)(C)C. The number of hydrogen-bond donors (Lipinski definition) is 3. The van der Waals surface area contributed by atoms with Crippen molar-refractivity contribution in [3.05, 3.63) is 23.9 Å². The summed E-state index contributed by atoms with van der Waals surface area (Å²) in [5, 5.41) is 22.0. The molecule has 0 aromatic carbocycles. The molecule has 0 rings (SSSR count). The number of rotatable bonds is 2. The van der Waals surface area contributed by atoms with Crippen molar-refractivity contribution in [2.75, 3.05) is 0 Å². The zero-order valence-corrected chi connectivity index (χ0v) is 10.5. The third-order valence-electron chi connectivity index (χ3n) is 1.98. The van der Waals surface area contributed by atoms with E-state index in [1.165, 1.54) is 12.4 Å². The fourth-order valence-electron chi connectivity index (χ4n) is 0.633. The van der Waals surface area contributed by atoms with Crippen molar-refractivity contribution in [2.45, 2.75) is 41.5 Å². The molecule has 0 saturated carbocycles. The van der Waals surface area contributed by atoms with Crippen LogP contribution in [0.15, 0.2) is 23.9 Å². The van der Waals surface area contributed by atoms with Crippen molar-refractivity contribution < 1.29 is 10.2 Å². The summed E-state index contributed by atoms with van der Waals surface area (Å²) in [5.41, 5.74) is -0.559. The smallest absolute Gasteiger partial charge is 0.113 e. The first-order valence-corrected chi connectivity index (χ1v) is 5.10. The molecular weight excluding hydrogens is 190 g/mol. The highest BCUT2D eigenvalue weighted by Crippen LogP contribution is 2.23. The average Bonchev–Trinajstić information content (AvgIpc) is 2.00. The summed E-state index contributed by atoms with van der Waals surface area (Å²) < 4.78 is 0. The zero-order valence-electron chi connectivity index (χ0n) is 10.5. The minimum atomic E-state index is -0.280. The van der Waals surface area contributed by atoms with Gasteiger partial charge in [-0.1, -0.05) is 41.5 Å². The van der Waals surface area contributed by atoms with Crippen molar-refractivity contribution in [1.29, 1.82) is 0 Å². The second-order valence-corrected chi connectivity index (χ2v) is 5.73. The molecule has 0 aromatic rings. The molecule has 0 bridgehead atoms. The topological polar surface area (TPSA) is 52.5 Å². The Morgan fingerprint density at radius 3 is 1.27 bits per heavy atom. The maximum Gasteiger partial charge on any atom is 0.113 e. The van der Waals surface area contributed by atoms with E-state index in [0.717, 1.165) is 0 Å². The van der Waals surface area contributed by atoms with Gasteiger partial charge in [0, 0.05) is 23.2 Å². The highest BCUT2D eigenvalue weighted by atomic mass is 16.3. The normalized spacial score (nSPS) is 15.3. The largest absolute Gasteiger partial charge is 0.510 e. The third kappa shape index (κ3) is 5.35. The van der Waals surface area contributed by atoms with E-state index in [9.17, 15) is 10.2 Å². The molecule has 0 aromatic heterocycles. The van der Waals surface area contributed by atoms with Gasteiger partial charge < -0.3 is 15.5 Å². The molecule has 0 saturated heterocycles. The standard InChI is InChI=1S/C12H23NO2/c1-11(2,3)9(14)7-13-8-10(15)12(4,5)6/h7-8,13-15H,1-6H3/b9-7-,10-8-. The lowest BCUT2D eigenvalue weighted by Crippen LogP contribution is -2.14. The summed E-state index contributed by atoms with van der Waals surface area (Å²) in [5.74, 6) is 0.501. The van der Waals surface area contributed by atoms with Crippen LogP contribution in [0, 0.1) is 10.8 Å². The predicted molar refractivity (Wildman–Crippen MR) is 63.5 cm³/mol. The van der Waals surface area contributed by atoms with Gasteiger partial charge in [-0.15, -0.1) is 0 Å². The Kier molecular flexibility index (Phi) is 4.26. The van der Waals surface area contributed by atoms with Crippen molar-refractivity contribution in [2.24, 2.45) is 10.8 Å². The first-order chi connectivity index (χ1) is 6.55. The van der Waals surface area contributed by atoms with Gasteiger partial charge in [-0.25, -0.2) is 0 Å². The van der Waals surface area contributed by atoms with Crippen molar-refractivity contribution >= 4 is 0 Å². The van der Waals surface area contributed by atoms with Crippen LogP contribution in [0.5, 0.6) is 0 Å². The van der Waals surface area contributed by atoms with Crippen molar-refractivity contribution in [1.82, 2.24) is 5.32 Å². The predicted octanol–water partition coefficient (Wildman–Crippen LogP) is 3.47. The van der Waals surface area contributed by atoms with Gasteiger partial charge in [-0.2, -0.15) is 0 Å². The molecule has 88 valence electrons. The monoisotopic (exact) mass is 213 g/mol. The summed E-state index contributed by atoms with van der Waals surface area (Å²) in [7, 11) is 0. The molecule has 0 aliphatic heterocycles. The van der Waals surface area contributed by atoms with E-state index >= 15 is 0 Å². The number of allylic oxidation sites excluding steroid dienone is 2. The minimum absolute atomic E-state index is 0.250. The van der Waals surface area contributed by atoms with Gasteiger partial charge in [0.1, 0.15) is 11.5 Å². The second-order valence-electron chi connectivity index (χ2n) is 5.73. The summed E-state index contributed by atoms with van der Waals surface area (Å²) in [6.07, 6.45) is 2.98. The Balaban J connectivity index is 4.44. The van der Waals surface area contributed by atoms with Gasteiger partial charge in [0.15, 0.2) is 0 Å². The summed E-state index contributed by atoms with van der Waals surface area (Å²) >= 11 is 0. The van der Waals surface area contributed by atoms with Crippen LogP contribution in [-0.2, 0) is 0 Å². The first-order valence-electron chi connectivity index (χ1n) is 5.10.